The van der Waals surface area contributed by atoms with E-state index in [2.05, 4.69) is 15.4 Å². The highest BCUT2D eigenvalue weighted by molar-refractivity contribution is 6.09. The van der Waals surface area contributed by atoms with E-state index in [-0.39, 0.29) is 11.6 Å². The van der Waals surface area contributed by atoms with E-state index in [1.165, 1.54) is 11.8 Å². The lowest BCUT2D eigenvalue weighted by molar-refractivity contribution is 0.0589. The van der Waals surface area contributed by atoms with Crippen LogP contribution in [0, 0.1) is 13.8 Å². The van der Waals surface area contributed by atoms with Crippen molar-refractivity contribution in [2.75, 3.05) is 12.4 Å². The molecular weight excluding hydrogens is 320 g/mol. The lowest BCUT2D eigenvalue weighted by Crippen LogP contribution is -2.18. The van der Waals surface area contributed by atoms with Crippen LogP contribution in [0.5, 0.6) is 0 Å². The minimum Gasteiger partial charge on any atom is -0.464 e. The Kier molecular flexibility index (Phi) is 4.22. The first-order valence-electron chi connectivity index (χ1n) is 7.72. The molecule has 25 heavy (non-hydrogen) atoms. The number of nitrogens with zero attached hydrogens (tertiary/aromatic N) is 3. The Balaban J connectivity index is 2.01. The van der Waals surface area contributed by atoms with Crippen molar-refractivity contribution < 1.29 is 14.3 Å². The summed E-state index contributed by atoms with van der Waals surface area (Å²) in [6.07, 6.45) is 0. The van der Waals surface area contributed by atoms with Crippen molar-refractivity contribution in [2.24, 2.45) is 7.05 Å². The van der Waals surface area contributed by atoms with Crippen LogP contribution in [-0.4, -0.2) is 33.8 Å². The standard InChI is InChI=1S/C18H18N4O3/c1-10-13(9-12-7-5-6-8-14(12)19-10)17(23)20-15-11(2)21-22(3)16(15)18(24)25-4/h5-9H,1-4H3,(H,20,23). The highest BCUT2D eigenvalue weighted by atomic mass is 16.5. The first-order chi connectivity index (χ1) is 11.9. The van der Waals surface area contributed by atoms with Gasteiger partial charge in [-0.1, -0.05) is 18.2 Å². The van der Waals surface area contributed by atoms with Gasteiger partial charge in [-0.25, -0.2) is 4.79 Å². The van der Waals surface area contributed by atoms with E-state index in [9.17, 15) is 9.59 Å². The number of benzene rings is 1. The fourth-order valence-electron chi connectivity index (χ4n) is 2.76. The van der Waals surface area contributed by atoms with Gasteiger partial charge in [0.25, 0.3) is 5.91 Å². The van der Waals surface area contributed by atoms with Crippen molar-refractivity contribution in [1.82, 2.24) is 14.8 Å². The van der Waals surface area contributed by atoms with Gasteiger partial charge in [-0.05, 0) is 26.0 Å². The molecule has 0 bridgehead atoms. The van der Waals surface area contributed by atoms with Crippen molar-refractivity contribution >= 4 is 28.5 Å². The second-order valence-electron chi connectivity index (χ2n) is 5.69. The van der Waals surface area contributed by atoms with Crippen LogP contribution >= 0.6 is 0 Å². The molecule has 0 aliphatic rings. The van der Waals surface area contributed by atoms with Crippen molar-refractivity contribution in [3.63, 3.8) is 0 Å². The Morgan fingerprint density at radius 3 is 2.60 bits per heavy atom. The summed E-state index contributed by atoms with van der Waals surface area (Å²) < 4.78 is 6.17. The summed E-state index contributed by atoms with van der Waals surface area (Å²) in [5.74, 6) is -0.913. The fraction of sp³-hybridized carbons (Fsp3) is 0.222. The molecule has 7 heteroatoms. The normalized spacial score (nSPS) is 10.7. The molecule has 3 aromatic rings. The Morgan fingerprint density at radius 1 is 1.16 bits per heavy atom. The lowest BCUT2D eigenvalue weighted by atomic mass is 10.1. The third kappa shape index (κ3) is 2.96. The zero-order valence-electron chi connectivity index (χ0n) is 14.5. The summed E-state index contributed by atoms with van der Waals surface area (Å²) in [5.41, 5.74) is 2.94. The Hall–Kier alpha value is -3.22. The molecule has 0 atom stereocenters. The van der Waals surface area contributed by atoms with Gasteiger partial charge in [-0.3, -0.25) is 14.5 Å². The molecular formula is C18H18N4O3. The van der Waals surface area contributed by atoms with E-state index in [4.69, 9.17) is 4.74 Å². The highest BCUT2D eigenvalue weighted by Gasteiger charge is 2.23. The van der Waals surface area contributed by atoms with E-state index in [1.807, 2.05) is 24.3 Å². The first-order valence-corrected chi connectivity index (χ1v) is 7.72. The topological polar surface area (TPSA) is 86.1 Å². The smallest absolute Gasteiger partial charge is 0.358 e. The van der Waals surface area contributed by atoms with Gasteiger partial charge in [-0.15, -0.1) is 0 Å². The number of carbonyl (C=O) groups excluding carboxylic acids is 2. The first kappa shape index (κ1) is 16.6. The molecule has 3 rings (SSSR count). The van der Waals surface area contributed by atoms with Crippen LogP contribution in [0.2, 0.25) is 0 Å². The number of aromatic nitrogens is 3. The van der Waals surface area contributed by atoms with Crippen molar-refractivity contribution in [3.8, 4) is 0 Å². The van der Waals surface area contributed by atoms with Crippen LogP contribution in [0.4, 0.5) is 5.69 Å². The zero-order valence-corrected chi connectivity index (χ0v) is 14.5. The van der Waals surface area contributed by atoms with E-state index >= 15 is 0 Å². The molecule has 0 unspecified atom stereocenters. The predicted octanol–water partition coefficient (Wildman–Crippen LogP) is 2.62. The fourth-order valence-corrected chi connectivity index (χ4v) is 2.76. The third-order valence-electron chi connectivity index (χ3n) is 4.00. The van der Waals surface area contributed by atoms with Gasteiger partial charge in [0.05, 0.1) is 35.3 Å². The predicted molar refractivity (Wildman–Crippen MR) is 93.7 cm³/mol. The summed E-state index contributed by atoms with van der Waals surface area (Å²) in [6.45, 7) is 3.49. The Morgan fingerprint density at radius 2 is 1.88 bits per heavy atom. The van der Waals surface area contributed by atoms with E-state index in [0.29, 0.717) is 22.6 Å². The number of ether oxygens (including phenoxy) is 1. The average Bonchev–Trinajstić information content (AvgIpc) is 2.87. The van der Waals surface area contributed by atoms with E-state index in [1.54, 1.807) is 27.0 Å². The van der Waals surface area contributed by atoms with Crippen LogP contribution in [-0.2, 0) is 11.8 Å². The second kappa shape index (κ2) is 6.35. The molecule has 1 amide bonds. The SMILES string of the molecule is COC(=O)c1c(NC(=O)c2cc3ccccc3nc2C)c(C)nn1C. The summed E-state index contributed by atoms with van der Waals surface area (Å²) in [6, 6.07) is 9.37. The van der Waals surface area contributed by atoms with Gasteiger partial charge in [-0.2, -0.15) is 5.10 Å². The third-order valence-corrected chi connectivity index (χ3v) is 4.00. The molecule has 7 nitrogen and oxygen atoms in total. The minimum absolute atomic E-state index is 0.194. The Bertz CT molecular complexity index is 991. The molecule has 128 valence electrons. The number of hydrogen-bond acceptors (Lipinski definition) is 5. The molecule has 0 fully saturated rings. The maximum Gasteiger partial charge on any atom is 0.358 e. The Labute approximate surface area is 144 Å². The van der Waals surface area contributed by atoms with E-state index in [0.717, 1.165) is 10.9 Å². The molecule has 1 aromatic carbocycles. The number of aryl methyl sites for hydroxylation is 3. The zero-order chi connectivity index (χ0) is 18.1. The van der Waals surface area contributed by atoms with Crippen LogP contribution in [0.15, 0.2) is 30.3 Å². The molecule has 2 heterocycles. The van der Waals surface area contributed by atoms with Crippen LogP contribution in [0.25, 0.3) is 10.9 Å². The minimum atomic E-state index is -0.563. The molecule has 2 aromatic heterocycles. The van der Waals surface area contributed by atoms with Crippen molar-refractivity contribution in [2.45, 2.75) is 13.8 Å². The van der Waals surface area contributed by atoms with Gasteiger partial charge < -0.3 is 10.1 Å². The van der Waals surface area contributed by atoms with Crippen LogP contribution in [0.1, 0.15) is 32.2 Å². The number of methoxy groups -OCH3 is 1. The number of esters is 1. The van der Waals surface area contributed by atoms with E-state index < -0.39 is 5.97 Å². The van der Waals surface area contributed by atoms with Gasteiger partial charge in [0.15, 0.2) is 5.69 Å². The molecule has 0 saturated carbocycles. The summed E-state index contributed by atoms with van der Waals surface area (Å²) >= 11 is 0. The summed E-state index contributed by atoms with van der Waals surface area (Å²) in [7, 11) is 2.91. The molecule has 0 aliphatic heterocycles. The summed E-state index contributed by atoms with van der Waals surface area (Å²) in [4.78, 5) is 29.2. The largest absolute Gasteiger partial charge is 0.464 e. The van der Waals surface area contributed by atoms with Crippen molar-refractivity contribution in [1.29, 1.82) is 0 Å². The quantitative estimate of drug-likeness (QED) is 0.742. The highest BCUT2D eigenvalue weighted by Crippen LogP contribution is 2.23. The van der Waals surface area contributed by atoms with Gasteiger partial charge in [0.2, 0.25) is 0 Å². The number of fused-ring (bicyclic) bond motifs is 1. The molecule has 0 saturated heterocycles. The van der Waals surface area contributed by atoms with Gasteiger partial charge in [0, 0.05) is 12.4 Å². The van der Waals surface area contributed by atoms with Gasteiger partial charge in [0.1, 0.15) is 0 Å². The number of rotatable bonds is 3. The molecule has 1 N–H and O–H groups in total. The number of carbonyl (C=O) groups is 2. The number of para-hydroxylation sites is 1. The molecule has 0 radical (unpaired) electrons. The molecule has 0 spiro atoms. The van der Waals surface area contributed by atoms with Crippen molar-refractivity contribution in [3.05, 3.63) is 53.0 Å². The summed E-state index contributed by atoms with van der Waals surface area (Å²) in [5, 5.41) is 7.83. The van der Waals surface area contributed by atoms with Crippen LogP contribution < -0.4 is 5.32 Å². The van der Waals surface area contributed by atoms with Crippen LogP contribution in [0.3, 0.4) is 0 Å². The number of amides is 1. The average molecular weight is 338 g/mol. The maximum atomic E-state index is 12.8. The monoisotopic (exact) mass is 338 g/mol. The second-order valence-corrected chi connectivity index (χ2v) is 5.69. The number of nitrogens with one attached hydrogen (secondary N) is 1. The number of anilines is 1. The number of hydrogen-bond donors (Lipinski definition) is 1. The van der Waals surface area contributed by atoms with Gasteiger partial charge >= 0.3 is 5.97 Å². The maximum absolute atomic E-state index is 12.8. The number of pyridine rings is 1. The lowest BCUT2D eigenvalue weighted by Gasteiger charge is -2.10. The molecule has 0 aliphatic carbocycles.